The molecule has 0 atom stereocenters. The third-order valence-electron chi connectivity index (χ3n) is 15.4. The van der Waals surface area contributed by atoms with Gasteiger partial charge in [-0.25, -0.2) is 4.98 Å². The first kappa shape index (κ1) is 66.5. The van der Waals surface area contributed by atoms with Crippen molar-refractivity contribution >= 4 is 28.2 Å². The molecule has 6 aromatic carbocycles. The van der Waals surface area contributed by atoms with Crippen LogP contribution in [0.5, 0.6) is 0 Å². The van der Waals surface area contributed by atoms with Crippen molar-refractivity contribution in [3.05, 3.63) is 255 Å². The second-order valence-electron chi connectivity index (χ2n) is 24.4. The quantitative estimate of drug-likeness (QED) is 0.0979. The Morgan fingerprint density at radius 2 is 0.859 bits per heavy atom. The lowest BCUT2D eigenvalue weighted by atomic mass is 9.86. The summed E-state index contributed by atoms with van der Waals surface area (Å²) in [7, 11) is 0. The van der Waals surface area contributed by atoms with Crippen molar-refractivity contribution in [1.82, 2.24) is 19.1 Å². The Kier molecular flexibility index (Phi) is 24.2. The fourth-order valence-corrected chi connectivity index (χ4v) is 11.2. The number of rotatable bonds is 12. The van der Waals surface area contributed by atoms with Crippen LogP contribution < -0.4 is 18.1 Å². The number of para-hydroxylation sites is 4. The highest BCUT2D eigenvalue weighted by atomic mass is 35.5. The molecule has 0 saturated carbocycles. The number of benzene rings is 6. The van der Waals surface area contributed by atoms with Crippen LogP contribution in [-0.2, 0) is 0 Å². The lowest BCUT2D eigenvalue weighted by Gasteiger charge is -2.23. The zero-order valence-electron chi connectivity index (χ0n) is 53.2. The highest BCUT2D eigenvalue weighted by Gasteiger charge is 2.23. The maximum absolute atomic E-state index is 6.09. The van der Waals surface area contributed by atoms with E-state index in [4.69, 9.17) is 17.3 Å². The van der Waals surface area contributed by atoms with Gasteiger partial charge in [-0.1, -0.05) is 244 Å². The van der Waals surface area contributed by atoms with E-state index in [1.54, 1.807) is 6.20 Å². The van der Waals surface area contributed by atoms with Crippen LogP contribution in [0.2, 0.25) is 5.02 Å². The van der Waals surface area contributed by atoms with Crippen LogP contribution in [0.3, 0.4) is 0 Å². The van der Waals surface area contributed by atoms with Crippen molar-refractivity contribution in [3.63, 3.8) is 0 Å². The van der Waals surface area contributed by atoms with E-state index in [9.17, 15) is 0 Å². The van der Waals surface area contributed by atoms with Gasteiger partial charge in [-0.05, 0) is 158 Å². The third-order valence-corrected chi connectivity index (χ3v) is 15.8. The maximum atomic E-state index is 6.09. The molecule has 0 unspecified atom stereocenters. The van der Waals surface area contributed by atoms with Crippen LogP contribution in [0.25, 0.3) is 44.8 Å². The van der Waals surface area contributed by atoms with Crippen molar-refractivity contribution in [1.29, 1.82) is 0 Å². The summed E-state index contributed by atoms with van der Waals surface area (Å²) < 4.78 is 4.78. The lowest BCUT2D eigenvalue weighted by Crippen LogP contribution is -3.00. The van der Waals surface area contributed by atoms with E-state index in [2.05, 4.69) is 275 Å². The molecular formula is C78H90Cl2N5-. The summed E-state index contributed by atoms with van der Waals surface area (Å²) in [6, 6.07) is 59.1. The van der Waals surface area contributed by atoms with Gasteiger partial charge in [-0.15, -0.1) is 0 Å². The summed E-state index contributed by atoms with van der Waals surface area (Å²) in [6.45, 7) is 36.1. The molecule has 4 aromatic heterocycles. The van der Waals surface area contributed by atoms with Gasteiger partial charge in [0.25, 0.3) is 0 Å². The Balaban J connectivity index is 0.000000190. The van der Waals surface area contributed by atoms with Crippen LogP contribution in [0, 0.1) is 11.8 Å². The molecule has 0 aliphatic carbocycles. The predicted octanol–water partition coefficient (Wildman–Crippen LogP) is 19.2. The van der Waals surface area contributed by atoms with Gasteiger partial charge in [0.2, 0.25) is 0 Å². The van der Waals surface area contributed by atoms with E-state index < -0.39 is 0 Å². The van der Waals surface area contributed by atoms with Crippen LogP contribution in [0.4, 0.5) is 5.69 Å². The van der Waals surface area contributed by atoms with Crippen molar-refractivity contribution in [2.45, 2.75) is 158 Å². The van der Waals surface area contributed by atoms with Gasteiger partial charge >= 0.3 is 0 Å². The zero-order chi connectivity index (χ0) is 60.8. The summed E-state index contributed by atoms with van der Waals surface area (Å²) in [5.74, 6) is 9.83. The van der Waals surface area contributed by atoms with Gasteiger partial charge < -0.3 is 27.3 Å². The molecule has 0 saturated heterocycles. The standard InChI is InChI=1S/C28H37N.C25H26N2.C13H8ClN.C12H19N.ClH/c1-18(2)23-11-9-12-24(19(3)4)27(23)22-15-16-29(17-22)28-25(20(5)6)13-10-14-26(28)21(7)8;1-17(2)20-11-9-12-21(18(3)4)25(20)27-23-14-6-5-10-19(23)16-24(27)22-13-7-8-15-26-22;14-13-7-2-1-5-11(13)8-9-12-6-3-4-10-15-12;1-8(2)10-6-5-7-11(9(3)4)12(10)13;/h9-21H,1-8H3;5-18H,1-4H3;1-7,10H;5-9H,13H2,1-4H3;1H/p-1. The average molecular weight is 1170 g/mol. The summed E-state index contributed by atoms with van der Waals surface area (Å²) >= 11 is 5.97. The molecule has 7 heteroatoms. The molecule has 85 heavy (non-hydrogen) atoms. The molecule has 0 fully saturated rings. The van der Waals surface area contributed by atoms with E-state index in [0.717, 1.165) is 28.3 Å². The first-order valence-electron chi connectivity index (χ1n) is 30.3. The molecule has 4 heterocycles. The number of aromatic nitrogens is 4. The molecule has 0 aliphatic heterocycles. The van der Waals surface area contributed by atoms with Gasteiger partial charge in [0.05, 0.1) is 33.3 Å². The van der Waals surface area contributed by atoms with Crippen LogP contribution in [0.15, 0.2) is 195 Å². The normalized spacial score (nSPS) is 11.1. The van der Waals surface area contributed by atoms with Gasteiger partial charge in [0, 0.05) is 47.0 Å². The van der Waals surface area contributed by atoms with Gasteiger partial charge in [-0.3, -0.25) is 4.98 Å². The molecule has 0 radical (unpaired) electrons. The minimum absolute atomic E-state index is 0. The topological polar surface area (TPSA) is 61.7 Å². The third kappa shape index (κ3) is 16.4. The molecule has 10 rings (SSSR count). The Bertz CT molecular complexity index is 3610. The van der Waals surface area contributed by atoms with Crippen molar-refractivity contribution < 1.29 is 12.4 Å². The van der Waals surface area contributed by atoms with Crippen LogP contribution >= 0.6 is 11.6 Å². The summed E-state index contributed by atoms with van der Waals surface area (Å²) in [5, 5.41) is 1.91. The van der Waals surface area contributed by atoms with Crippen molar-refractivity contribution in [2.75, 3.05) is 5.73 Å². The van der Waals surface area contributed by atoms with E-state index in [1.807, 2.05) is 54.7 Å². The fourth-order valence-electron chi connectivity index (χ4n) is 11.0. The number of hydrogen-bond donors (Lipinski definition) is 1. The molecule has 2 N–H and O–H groups in total. The Labute approximate surface area is 521 Å². The first-order chi connectivity index (χ1) is 40.2. The predicted molar refractivity (Wildman–Crippen MR) is 363 cm³/mol. The maximum Gasteiger partial charge on any atom is 0.113 e. The number of nitrogens with zero attached hydrogens (tertiary/aromatic N) is 4. The minimum Gasteiger partial charge on any atom is -1.00 e. The number of nitrogen functional groups attached to an aromatic ring is 1. The summed E-state index contributed by atoms with van der Waals surface area (Å²) in [5.41, 5.74) is 28.4. The fraction of sp³-hybridized carbons (Fsp3) is 0.308. The molecule has 0 amide bonds. The van der Waals surface area contributed by atoms with Crippen LogP contribution in [-0.4, -0.2) is 19.1 Å². The summed E-state index contributed by atoms with van der Waals surface area (Å²) in [4.78, 5) is 8.77. The SMILES string of the molecule is CC(C)c1cccc(C(C)C)c1-c1ccn(-c2c(C(C)C)cccc2C(C)C)c1.CC(C)c1cccc(C(C)C)c1-n1c(-c2ccccn2)cc2ccccc21.CC(C)c1cccc(C(C)C)c1N.Clc1ccccc1C#Cc1ccccn1.[Cl-]. The first-order valence-corrected chi connectivity index (χ1v) is 30.7. The highest BCUT2D eigenvalue weighted by molar-refractivity contribution is 6.31. The Hall–Kier alpha value is -7.62. The van der Waals surface area contributed by atoms with Gasteiger partial charge in [-0.2, -0.15) is 0 Å². The van der Waals surface area contributed by atoms with Gasteiger partial charge in [0.1, 0.15) is 5.69 Å². The average Bonchev–Trinajstić information content (AvgIpc) is 3.82. The molecule has 0 spiro atoms. The number of anilines is 1. The van der Waals surface area contributed by atoms with Crippen LogP contribution in [0.1, 0.15) is 214 Å². The smallest absolute Gasteiger partial charge is 0.113 e. The number of pyridine rings is 2. The molecule has 442 valence electrons. The van der Waals surface area contributed by atoms with E-state index in [0.29, 0.717) is 52.4 Å². The van der Waals surface area contributed by atoms with E-state index >= 15 is 0 Å². The van der Waals surface area contributed by atoms with E-state index in [-0.39, 0.29) is 12.4 Å². The lowest BCUT2D eigenvalue weighted by molar-refractivity contribution is -0.0000178. The van der Waals surface area contributed by atoms with Gasteiger partial charge in [0.15, 0.2) is 0 Å². The Morgan fingerprint density at radius 3 is 1.33 bits per heavy atom. The number of fused-ring (bicyclic) bond motifs is 1. The molecular weight excluding hydrogens is 1080 g/mol. The minimum atomic E-state index is 0. The number of hydrogen-bond acceptors (Lipinski definition) is 3. The van der Waals surface area contributed by atoms with E-state index in [1.165, 1.54) is 77.9 Å². The largest absolute Gasteiger partial charge is 1.00 e. The summed E-state index contributed by atoms with van der Waals surface area (Å²) in [6.07, 6.45) is 8.19. The zero-order valence-corrected chi connectivity index (χ0v) is 54.7. The molecule has 0 bridgehead atoms. The Morgan fingerprint density at radius 1 is 0.424 bits per heavy atom. The van der Waals surface area contributed by atoms with Crippen molar-refractivity contribution in [2.24, 2.45) is 0 Å². The number of halogens is 2. The highest BCUT2D eigenvalue weighted by Crippen LogP contribution is 2.40. The second-order valence-corrected chi connectivity index (χ2v) is 24.8. The van der Waals surface area contributed by atoms with Crippen molar-refractivity contribution in [3.8, 4) is 45.7 Å². The molecule has 10 aromatic rings. The molecule has 5 nitrogen and oxygen atoms in total. The monoisotopic (exact) mass is 1170 g/mol. The number of nitrogens with two attached hydrogens (primary N) is 1. The molecule has 0 aliphatic rings. The second kappa shape index (κ2) is 31.0.